The van der Waals surface area contributed by atoms with Crippen LogP contribution in [0.4, 0.5) is 0 Å². The molecule has 5 heteroatoms. The second-order valence-corrected chi connectivity index (χ2v) is 7.46. The molecule has 3 heterocycles. The summed E-state index contributed by atoms with van der Waals surface area (Å²) < 4.78 is 1.95. The number of thiazole rings is 1. The Balaban J connectivity index is 1.46. The van der Waals surface area contributed by atoms with E-state index in [0.29, 0.717) is 5.92 Å². The van der Waals surface area contributed by atoms with Gasteiger partial charge in [0, 0.05) is 25.5 Å². The molecule has 4 nitrogen and oxygen atoms in total. The monoisotopic (exact) mass is 351 g/mol. The SMILES string of the molecule is Cc1nc(-n2cccc2)sc1C(=O)N1CCC(c2ccccc2)CC1. The zero-order chi connectivity index (χ0) is 17.2. The van der Waals surface area contributed by atoms with E-state index in [1.165, 1.54) is 16.9 Å². The number of benzene rings is 1. The maximum absolute atomic E-state index is 12.9. The van der Waals surface area contributed by atoms with Gasteiger partial charge < -0.3 is 9.47 Å². The fourth-order valence-electron chi connectivity index (χ4n) is 3.44. The predicted octanol–water partition coefficient (Wildman–Crippen LogP) is 4.26. The summed E-state index contributed by atoms with van der Waals surface area (Å²) in [5.41, 5.74) is 2.21. The van der Waals surface area contributed by atoms with Crippen molar-refractivity contribution >= 4 is 17.2 Å². The molecule has 0 bridgehead atoms. The van der Waals surface area contributed by atoms with Gasteiger partial charge in [-0.1, -0.05) is 41.7 Å². The molecule has 0 saturated carbocycles. The van der Waals surface area contributed by atoms with Gasteiger partial charge in [0.1, 0.15) is 4.88 Å². The highest BCUT2D eigenvalue weighted by Gasteiger charge is 2.27. The number of nitrogens with zero attached hydrogens (tertiary/aromatic N) is 3. The van der Waals surface area contributed by atoms with Gasteiger partial charge in [0.15, 0.2) is 5.13 Å². The lowest BCUT2D eigenvalue weighted by atomic mass is 9.89. The molecule has 4 rings (SSSR count). The van der Waals surface area contributed by atoms with Crippen LogP contribution in [0.15, 0.2) is 54.9 Å². The summed E-state index contributed by atoms with van der Waals surface area (Å²) in [6.45, 7) is 3.55. The molecular formula is C20H21N3OS. The number of rotatable bonds is 3. The van der Waals surface area contributed by atoms with Gasteiger partial charge in [-0.15, -0.1) is 0 Å². The highest BCUT2D eigenvalue weighted by Crippen LogP contribution is 2.30. The average molecular weight is 351 g/mol. The van der Waals surface area contributed by atoms with Crippen molar-refractivity contribution in [2.75, 3.05) is 13.1 Å². The van der Waals surface area contributed by atoms with E-state index >= 15 is 0 Å². The Labute approximate surface area is 151 Å². The molecule has 1 aromatic carbocycles. The zero-order valence-electron chi connectivity index (χ0n) is 14.3. The first-order valence-electron chi connectivity index (χ1n) is 8.67. The normalized spacial score (nSPS) is 15.5. The van der Waals surface area contributed by atoms with Gasteiger partial charge in [-0.25, -0.2) is 4.98 Å². The summed E-state index contributed by atoms with van der Waals surface area (Å²) in [7, 11) is 0. The Morgan fingerprint density at radius 1 is 1.08 bits per heavy atom. The fraction of sp³-hybridized carbons (Fsp3) is 0.300. The second-order valence-electron chi connectivity index (χ2n) is 6.48. The van der Waals surface area contributed by atoms with Crippen LogP contribution in [0.2, 0.25) is 0 Å². The van der Waals surface area contributed by atoms with E-state index in [4.69, 9.17) is 0 Å². The zero-order valence-corrected chi connectivity index (χ0v) is 15.1. The Morgan fingerprint density at radius 2 is 1.76 bits per heavy atom. The Bertz CT molecular complexity index is 846. The van der Waals surface area contributed by atoms with Gasteiger partial charge in [-0.2, -0.15) is 0 Å². The Morgan fingerprint density at radius 3 is 2.44 bits per heavy atom. The van der Waals surface area contributed by atoms with Crippen molar-refractivity contribution in [3.63, 3.8) is 0 Å². The number of hydrogen-bond donors (Lipinski definition) is 0. The molecule has 0 radical (unpaired) electrons. The third-order valence-electron chi connectivity index (χ3n) is 4.86. The van der Waals surface area contributed by atoms with E-state index in [2.05, 4.69) is 35.3 Å². The number of amides is 1. The first-order valence-corrected chi connectivity index (χ1v) is 9.49. The molecule has 1 amide bonds. The van der Waals surface area contributed by atoms with Crippen LogP contribution >= 0.6 is 11.3 Å². The van der Waals surface area contributed by atoms with Crippen LogP contribution in [0.3, 0.4) is 0 Å². The van der Waals surface area contributed by atoms with Crippen LogP contribution in [-0.4, -0.2) is 33.4 Å². The second kappa shape index (κ2) is 6.84. The van der Waals surface area contributed by atoms with Crippen LogP contribution in [0.25, 0.3) is 5.13 Å². The number of carbonyl (C=O) groups excluding carboxylic acids is 1. The first-order chi connectivity index (χ1) is 12.2. The molecular weight excluding hydrogens is 330 g/mol. The summed E-state index contributed by atoms with van der Waals surface area (Å²) in [6.07, 6.45) is 5.96. The van der Waals surface area contributed by atoms with Gasteiger partial charge in [0.2, 0.25) is 0 Å². The molecule has 0 aliphatic carbocycles. The van der Waals surface area contributed by atoms with Crippen LogP contribution < -0.4 is 0 Å². The minimum Gasteiger partial charge on any atom is -0.338 e. The van der Waals surface area contributed by atoms with Crippen LogP contribution in [-0.2, 0) is 0 Å². The maximum Gasteiger partial charge on any atom is 0.265 e. The molecule has 1 fully saturated rings. The molecule has 0 unspecified atom stereocenters. The van der Waals surface area contributed by atoms with Gasteiger partial charge in [-0.3, -0.25) is 4.79 Å². The van der Waals surface area contributed by atoms with Crippen LogP contribution in [0.5, 0.6) is 0 Å². The molecule has 128 valence electrons. The molecule has 0 spiro atoms. The van der Waals surface area contributed by atoms with Crippen molar-refractivity contribution in [3.05, 3.63) is 71.0 Å². The largest absolute Gasteiger partial charge is 0.338 e. The third-order valence-corrected chi connectivity index (χ3v) is 6.02. The lowest BCUT2D eigenvalue weighted by Gasteiger charge is -2.32. The van der Waals surface area contributed by atoms with Gasteiger partial charge in [0.05, 0.1) is 5.69 Å². The summed E-state index contributed by atoms with van der Waals surface area (Å²) >= 11 is 1.48. The standard InChI is InChI=1S/C20H21N3OS/c1-15-18(25-20(21-15)23-11-5-6-12-23)19(24)22-13-9-17(10-14-22)16-7-3-2-4-8-16/h2-8,11-12,17H,9-10,13-14H2,1H3. The maximum atomic E-state index is 12.9. The van der Waals surface area contributed by atoms with Gasteiger partial charge >= 0.3 is 0 Å². The number of aromatic nitrogens is 2. The number of likely N-dealkylation sites (tertiary alicyclic amines) is 1. The van der Waals surface area contributed by atoms with Crippen molar-refractivity contribution < 1.29 is 4.79 Å². The molecule has 25 heavy (non-hydrogen) atoms. The minimum absolute atomic E-state index is 0.125. The van der Waals surface area contributed by atoms with Crippen molar-refractivity contribution in [1.82, 2.24) is 14.5 Å². The Hall–Kier alpha value is -2.40. The van der Waals surface area contributed by atoms with Crippen molar-refractivity contribution in [3.8, 4) is 5.13 Å². The van der Waals surface area contributed by atoms with Crippen molar-refractivity contribution in [1.29, 1.82) is 0 Å². The first kappa shape index (κ1) is 16.1. The van der Waals surface area contributed by atoms with Crippen molar-refractivity contribution in [2.45, 2.75) is 25.7 Å². The van der Waals surface area contributed by atoms with E-state index in [1.54, 1.807) is 0 Å². The van der Waals surface area contributed by atoms with E-state index in [0.717, 1.165) is 41.6 Å². The van der Waals surface area contributed by atoms with E-state index in [1.807, 2.05) is 40.9 Å². The molecule has 1 aliphatic rings. The highest BCUT2D eigenvalue weighted by atomic mass is 32.1. The smallest absolute Gasteiger partial charge is 0.265 e. The molecule has 0 N–H and O–H groups in total. The van der Waals surface area contributed by atoms with Crippen molar-refractivity contribution in [2.24, 2.45) is 0 Å². The Kier molecular flexibility index (Phi) is 4.40. The van der Waals surface area contributed by atoms with Crippen LogP contribution in [0.1, 0.15) is 39.7 Å². The average Bonchev–Trinajstić information content (AvgIpc) is 3.32. The molecule has 1 saturated heterocycles. The minimum atomic E-state index is 0.125. The molecule has 3 aromatic rings. The summed E-state index contributed by atoms with van der Waals surface area (Å²) in [5, 5.41) is 0.852. The molecule has 1 aliphatic heterocycles. The third kappa shape index (κ3) is 3.24. The summed E-state index contributed by atoms with van der Waals surface area (Å²) in [5.74, 6) is 0.683. The predicted molar refractivity (Wildman–Crippen MR) is 100 cm³/mol. The summed E-state index contributed by atoms with van der Waals surface area (Å²) in [4.78, 5) is 20.3. The molecule has 2 aromatic heterocycles. The van der Waals surface area contributed by atoms with E-state index < -0.39 is 0 Å². The lowest BCUT2D eigenvalue weighted by Crippen LogP contribution is -2.37. The topological polar surface area (TPSA) is 38.1 Å². The highest BCUT2D eigenvalue weighted by molar-refractivity contribution is 7.16. The van der Waals surface area contributed by atoms with Crippen LogP contribution in [0, 0.1) is 6.92 Å². The number of hydrogen-bond acceptors (Lipinski definition) is 3. The number of aryl methyl sites for hydroxylation is 1. The quantitative estimate of drug-likeness (QED) is 0.707. The van der Waals surface area contributed by atoms with E-state index in [-0.39, 0.29) is 5.91 Å². The molecule has 0 atom stereocenters. The summed E-state index contributed by atoms with van der Waals surface area (Å²) in [6, 6.07) is 14.6. The fourth-order valence-corrected chi connectivity index (χ4v) is 4.44. The number of piperidine rings is 1. The number of carbonyl (C=O) groups is 1. The van der Waals surface area contributed by atoms with Gasteiger partial charge in [-0.05, 0) is 43.4 Å². The van der Waals surface area contributed by atoms with E-state index in [9.17, 15) is 4.79 Å². The van der Waals surface area contributed by atoms with Gasteiger partial charge in [0.25, 0.3) is 5.91 Å². The lowest BCUT2D eigenvalue weighted by molar-refractivity contribution is 0.0717.